The third kappa shape index (κ3) is 4.37. The molecule has 4 nitrogen and oxygen atoms in total. The molecule has 0 spiro atoms. The van der Waals surface area contributed by atoms with Crippen molar-refractivity contribution in [3.8, 4) is 0 Å². The van der Waals surface area contributed by atoms with Crippen LogP contribution in [0.3, 0.4) is 0 Å². The number of likely N-dealkylation sites (tertiary alicyclic amines) is 1. The van der Waals surface area contributed by atoms with Gasteiger partial charge in [-0.1, -0.05) is 6.92 Å². The Hall–Kier alpha value is -0.160. The number of rotatable bonds is 6. The zero-order valence-corrected chi connectivity index (χ0v) is 10.5. The van der Waals surface area contributed by atoms with Crippen LogP contribution in [0.2, 0.25) is 0 Å². The predicted octanol–water partition coefficient (Wildman–Crippen LogP) is 0.0496. The van der Waals surface area contributed by atoms with Crippen LogP contribution in [-0.4, -0.2) is 60.0 Å². The van der Waals surface area contributed by atoms with Crippen LogP contribution in [0.1, 0.15) is 26.7 Å². The van der Waals surface area contributed by atoms with Crippen LogP contribution >= 0.6 is 0 Å². The first kappa shape index (κ1) is 13.9. The molecule has 0 saturated carbocycles. The number of hydrogen-bond acceptors (Lipinski definition) is 4. The minimum absolute atomic E-state index is 0.201. The summed E-state index contributed by atoms with van der Waals surface area (Å²) in [6.07, 6.45) is 1.92. The van der Waals surface area contributed by atoms with Gasteiger partial charge in [-0.25, -0.2) is 0 Å². The number of nitrogens with zero attached hydrogens (tertiary/aromatic N) is 1. The minimum atomic E-state index is -0.257. The van der Waals surface area contributed by atoms with Gasteiger partial charge in [0, 0.05) is 25.7 Å². The molecular weight excluding hydrogens is 204 g/mol. The highest BCUT2D eigenvalue weighted by Crippen LogP contribution is 2.20. The number of β-amino-alcohol motifs (C(OH)–C–C–N with tert-alkyl or cyclic N) is 1. The molecule has 1 saturated heterocycles. The van der Waals surface area contributed by atoms with Crippen molar-refractivity contribution in [3.05, 3.63) is 0 Å². The van der Waals surface area contributed by atoms with Crippen molar-refractivity contribution in [2.75, 3.05) is 32.8 Å². The Kier molecular flexibility index (Phi) is 6.28. The number of aliphatic hydroxyl groups excluding tert-OH is 2. The molecule has 1 rings (SSSR count). The van der Waals surface area contributed by atoms with E-state index in [-0.39, 0.29) is 12.7 Å². The summed E-state index contributed by atoms with van der Waals surface area (Å²) in [5.74, 6) is 0.328. The largest absolute Gasteiger partial charge is 0.395 e. The van der Waals surface area contributed by atoms with E-state index in [4.69, 9.17) is 5.11 Å². The van der Waals surface area contributed by atoms with Gasteiger partial charge in [-0.05, 0) is 32.2 Å². The molecule has 1 aliphatic heterocycles. The molecule has 4 heteroatoms. The van der Waals surface area contributed by atoms with Crippen LogP contribution in [0.4, 0.5) is 0 Å². The molecule has 3 atom stereocenters. The highest BCUT2D eigenvalue weighted by Gasteiger charge is 2.28. The molecule has 0 aromatic carbocycles. The molecule has 16 heavy (non-hydrogen) atoms. The van der Waals surface area contributed by atoms with Gasteiger partial charge in [0.25, 0.3) is 0 Å². The topological polar surface area (TPSA) is 55.7 Å². The lowest BCUT2D eigenvalue weighted by molar-refractivity contribution is 0.0413. The van der Waals surface area contributed by atoms with Crippen LogP contribution in [0.15, 0.2) is 0 Å². The number of piperidine rings is 1. The van der Waals surface area contributed by atoms with Crippen molar-refractivity contribution in [1.82, 2.24) is 10.2 Å². The molecule has 0 aromatic rings. The van der Waals surface area contributed by atoms with Gasteiger partial charge in [0.05, 0.1) is 12.7 Å². The fourth-order valence-electron chi connectivity index (χ4n) is 2.40. The predicted molar refractivity (Wildman–Crippen MR) is 65.4 cm³/mol. The Morgan fingerprint density at radius 3 is 2.75 bits per heavy atom. The van der Waals surface area contributed by atoms with Crippen molar-refractivity contribution in [1.29, 1.82) is 0 Å². The summed E-state index contributed by atoms with van der Waals surface area (Å²) in [7, 11) is 0. The van der Waals surface area contributed by atoms with Crippen LogP contribution < -0.4 is 5.32 Å². The molecule has 0 radical (unpaired) electrons. The first-order chi connectivity index (χ1) is 7.67. The van der Waals surface area contributed by atoms with Gasteiger partial charge in [0.15, 0.2) is 0 Å². The lowest BCUT2D eigenvalue weighted by Gasteiger charge is -2.39. The van der Waals surface area contributed by atoms with Gasteiger partial charge in [-0.3, -0.25) is 4.90 Å². The Labute approximate surface area is 98.6 Å². The van der Waals surface area contributed by atoms with E-state index >= 15 is 0 Å². The Morgan fingerprint density at radius 1 is 1.44 bits per heavy atom. The molecule has 1 aliphatic rings. The van der Waals surface area contributed by atoms with Gasteiger partial charge < -0.3 is 15.5 Å². The Morgan fingerprint density at radius 2 is 2.19 bits per heavy atom. The quantitative estimate of drug-likeness (QED) is 0.603. The van der Waals surface area contributed by atoms with E-state index < -0.39 is 0 Å². The van der Waals surface area contributed by atoms with Gasteiger partial charge in [-0.2, -0.15) is 0 Å². The van der Waals surface area contributed by atoms with Crippen molar-refractivity contribution < 1.29 is 10.2 Å². The molecule has 0 aromatic heterocycles. The van der Waals surface area contributed by atoms with Crippen molar-refractivity contribution in [3.63, 3.8) is 0 Å². The summed E-state index contributed by atoms with van der Waals surface area (Å²) >= 11 is 0. The Balaban J connectivity index is 2.45. The van der Waals surface area contributed by atoms with E-state index in [1.165, 1.54) is 0 Å². The van der Waals surface area contributed by atoms with Crippen molar-refractivity contribution >= 4 is 0 Å². The highest BCUT2D eigenvalue weighted by atomic mass is 16.3. The zero-order chi connectivity index (χ0) is 12.0. The second-order valence-corrected chi connectivity index (χ2v) is 4.87. The van der Waals surface area contributed by atoms with E-state index in [1.807, 2.05) is 6.92 Å². The molecule has 0 amide bonds. The summed E-state index contributed by atoms with van der Waals surface area (Å²) in [5.41, 5.74) is 0. The van der Waals surface area contributed by atoms with E-state index in [0.717, 1.165) is 32.5 Å². The van der Waals surface area contributed by atoms with Crippen molar-refractivity contribution in [2.24, 2.45) is 5.92 Å². The maximum Gasteiger partial charge on any atom is 0.0558 e. The van der Waals surface area contributed by atoms with Crippen LogP contribution in [0, 0.1) is 5.92 Å². The van der Waals surface area contributed by atoms with Gasteiger partial charge >= 0.3 is 0 Å². The zero-order valence-electron chi connectivity index (χ0n) is 10.5. The molecule has 3 N–H and O–H groups in total. The van der Waals surface area contributed by atoms with Crippen LogP contribution in [0.5, 0.6) is 0 Å². The third-order valence-corrected chi connectivity index (χ3v) is 3.34. The average Bonchev–Trinajstić information content (AvgIpc) is 2.26. The Bertz CT molecular complexity index is 188. The maximum atomic E-state index is 9.69. The molecule has 0 bridgehead atoms. The molecule has 0 aliphatic carbocycles. The second-order valence-electron chi connectivity index (χ2n) is 4.87. The summed E-state index contributed by atoms with van der Waals surface area (Å²) in [6, 6.07) is 0.458. The number of hydrogen-bond donors (Lipinski definition) is 3. The average molecular weight is 230 g/mol. The fraction of sp³-hybridized carbons (Fsp3) is 1.00. The van der Waals surface area contributed by atoms with Crippen LogP contribution in [-0.2, 0) is 0 Å². The van der Waals surface area contributed by atoms with Gasteiger partial charge in [0.2, 0.25) is 0 Å². The summed E-state index contributed by atoms with van der Waals surface area (Å²) in [4.78, 5) is 2.24. The monoisotopic (exact) mass is 230 g/mol. The molecular formula is C12H26N2O2. The second kappa shape index (κ2) is 7.22. The van der Waals surface area contributed by atoms with Gasteiger partial charge in [-0.15, -0.1) is 0 Å². The normalized spacial score (nSPS) is 29.2. The third-order valence-electron chi connectivity index (χ3n) is 3.34. The summed E-state index contributed by atoms with van der Waals surface area (Å²) in [5, 5.41) is 22.2. The van der Waals surface area contributed by atoms with E-state index in [9.17, 15) is 5.11 Å². The lowest BCUT2D eigenvalue weighted by Crippen LogP contribution is -2.52. The van der Waals surface area contributed by atoms with E-state index in [2.05, 4.69) is 17.1 Å². The summed E-state index contributed by atoms with van der Waals surface area (Å²) < 4.78 is 0. The molecule has 3 unspecified atom stereocenters. The standard InChI is InChI=1S/C12H26N2O2/c1-3-4-13-12-7-11(10(2)16)8-14(9-12)5-6-15/h10-13,15-16H,3-9H2,1-2H3. The molecule has 1 heterocycles. The molecule has 96 valence electrons. The lowest BCUT2D eigenvalue weighted by atomic mass is 9.90. The molecule has 1 fully saturated rings. The highest BCUT2D eigenvalue weighted by molar-refractivity contribution is 4.85. The first-order valence-corrected chi connectivity index (χ1v) is 6.42. The first-order valence-electron chi connectivity index (χ1n) is 6.42. The van der Waals surface area contributed by atoms with Gasteiger partial charge in [0.1, 0.15) is 0 Å². The number of nitrogens with one attached hydrogen (secondary N) is 1. The fourth-order valence-corrected chi connectivity index (χ4v) is 2.40. The van der Waals surface area contributed by atoms with E-state index in [1.54, 1.807) is 0 Å². The maximum absolute atomic E-state index is 9.69. The van der Waals surface area contributed by atoms with E-state index in [0.29, 0.717) is 18.5 Å². The SMILES string of the molecule is CCCNC1CC(C(C)O)CN(CCO)C1. The number of aliphatic hydroxyl groups is 2. The van der Waals surface area contributed by atoms with Crippen LogP contribution in [0.25, 0.3) is 0 Å². The minimum Gasteiger partial charge on any atom is -0.395 e. The van der Waals surface area contributed by atoms with Crippen molar-refractivity contribution in [2.45, 2.75) is 38.8 Å². The smallest absolute Gasteiger partial charge is 0.0558 e. The summed E-state index contributed by atoms with van der Waals surface area (Å²) in [6.45, 7) is 7.87.